The molecule has 108 valence electrons. The van der Waals surface area contributed by atoms with Gasteiger partial charge in [0, 0.05) is 42.8 Å². The lowest BCUT2D eigenvalue weighted by Gasteiger charge is -2.17. The fourth-order valence-corrected chi connectivity index (χ4v) is 3.42. The third kappa shape index (κ3) is 4.03. The first-order chi connectivity index (χ1) is 9.56. The Bertz CT molecular complexity index is 507. The number of carbonyl (C=O) groups is 2. The van der Waals surface area contributed by atoms with Crippen LogP contribution in [0.5, 0.6) is 0 Å². The van der Waals surface area contributed by atoms with Gasteiger partial charge in [0.1, 0.15) is 5.78 Å². The number of aromatic nitrogens is 2. The third-order valence-electron chi connectivity index (χ3n) is 3.41. The highest BCUT2D eigenvalue weighted by molar-refractivity contribution is 7.99. The summed E-state index contributed by atoms with van der Waals surface area (Å²) in [6.45, 7) is 3.64. The molecule has 6 heteroatoms. The van der Waals surface area contributed by atoms with Crippen molar-refractivity contribution in [3.8, 4) is 0 Å². The zero-order valence-corrected chi connectivity index (χ0v) is 12.5. The normalized spacial score (nSPS) is 22.0. The van der Waals surface area contributed by atoms with Gasteiger partial charge in [0.2, 0.25) is 0 Å². The lowest BCUT2D eigenvalue weighted by molar-refractivity contribution is -0.143. The number of esters is 1. The Morgan fingerprint density at radius 2 is 2.35 bits per heavy atom. The highest BCUT2D eigenvalue weighted by Gasteiger charge is 2.35. The quantitative estimate of drug-likeness (QED) is 0.470. The minimum Gasteiger partial charge on any atom is -0.466 e. The number of hydrogen-bond donors (Lipinski definition) is 0. The minimum atomic E-state index is -0.294. The molecule has 0 saturated heterocycles. The molecular weight excluding hydrogens is 276 g/mol. The molecule has 1 aliphatic rings. The van der Waals surface area contributed by atoms with E-state index in [-0.39, 0.29) is 23.6 Å². The molecule has 0 N–H and O–H groups in total. The number of ketones is 1. The smallest absolute Gasteiger partial charge is 0.302 e. The number of rotatable bonds is 5. The van der Waals surface area contributed by atoms with E-state index < -0.39 is 0 Å². The summed E-state index contributed by atoms with van der Waals surface area (Å²) < 4.78 is 5.04. The Kier molecular flexibility index (Phi) is 5.11. The lowest BCUT2D eigenvalue weighted by atomic mass is 9.98. The molecule has 1 heterocycles. The molecule has 2 atom stereocenters. The molecule has 0 amide bonds. The van der Waals surface area contributed by atoms with E-state index in [0.717, 1.165) is 12.1 Å². The SMILES string of the molecule is CC(=O)OCC1CCC(=O)C1CSc1nccc(C)n1. The summed E-state index contributed by atoms with van der Waals surface area (Å²) >= 11 is 1.49. The lowest BCUT2D eigenvalue weighted by Crippen LogP contribution is -2.22. The molecular formula is C14H18N2O3S. The molecule has 5 nitrogen and oxygen atoms in total. The first-order valence-corrected chi connectivity index (χ1v) is 7.63. The molecule has 20 heavy (non-hydrogen) atoms. The number of carbonyl (C=O) groups excluding carboxylic acids is 2. The van der Waals surface area contributed by atoms with Crippen LogP contribution < -0.4 is 0 Å². The van der Waals surface area contributed by atoms with Crippen molar-refractivity contribution >= 4 is 23.5 Å². The highest BCUT2D eigenvalue weighted by atomic mass is 32.2. The van der Waals surface area contributed by atoms with Crippen LogP contribution in [0.1, 0.15) is 25.5 Å². The van der Waals surface area contributed by atoms with Crippen molar-refractivity contribution < 1.29 is 14.3 Å². The molecule has 0 aliphatic heterocycles. The first-order valence-electron chi connectivity index (χ1n) is 6.65. The van der Waals surface area contributed by atoms with Crippen LogP contribution in [-0.2, 0) is 14.3 Å². The van der Waals surface area contributed by atoms with Gasteiger partial charge in [-0.05, 0) is 19.4 Å². The van der Waals surface area contributed by atoms with Gasteiger partial charge < -0.3 is 4.74 Å². The highest BCUT2D eigenvalue weighted by Crippen LogP contribution is 2.33. The van der Waals surface area contributed by atoms with Crippen LogP contribution in [0, 0.1) is 18.8 Å². The van der Waals surface area contributed by atoms with Gasteiger partial charge in [-0.3, -0.25) is 9.59 Å². The Morgan fingerprint density at radius 3 is 3.05 bits per heavy atom. The zero-order valence-electron chi connectivity index (χ0n) is 11.7. The van der Waals surface area contributed by atoms with Crippen LogP contribution in [0.4, 0.5) is 0 Å². The van der Waals surface area contributed by atoms with Crippen LogP contribution in [0.25, 0.3) is 0 Å². The monoisotopic (exact) mass is 294 g/mol. The minimum absolute atomic E-state index is 0.0662. The molecule has 0 aromatic carbocycles. The molecule has 1 aromatic heterocycles. The molecule has 1 aromatic rings. The van der Waals surface area contributed by atoms with Crippen molar-refractivity contribution in [2.75, 3.05) is 12.4 Å². The number of Topliss-reactive ketones (excluding diaryl/α,β-unsaturated/α-hetero) is 1. The van der Waals surface area contributed by atoms with Crippen molar-refractivity contribution in [3.63, 3.8) is 0 Å². The fourth-order valence-electron chi connectivity index (χ4n) is 2.29. The van der Waals surface area contributed by atoms with Crippen LogP contribution in [0.15, 0.2) is 17.4 Å². The summed E-state index contributed by atoms with van der Waals surface area (Å²) in [6.07, 6.45) is 3.09. The molecule has 1 fully saturated rings. The van der Waals surface area contributed by atoms with Gasteiger partial charge in [-0.25, -0.2) is 9.97 Å². The second kappa shape index (κ2) is 6.83. The second-order valence-corrected chi connectivity index (χ2v) is 5.95. The maximum atomic E-state index is 11.9. The maximum Gasteiger partial charge on any atom is 0.302 e. The first kappa shape index (κ1) is 15.0. The molecule has 2 unspecified atom stereocenters. The van der Waals surface area contributed by atoms with Crippen molar-refractivity contribution in [3.05, 3.63) is 18.0 Å². The topological polar surface area (TPSA) is 69.2 Å². The predicted octanol–water partition coefficient (Wildman–Crippen LogP) is 2.04. The molecule has 1 saturated carbocycles. The van der Waals surface area contributed by atoms with Crippen LogP contribution in [-0.4, -0.2) is 34.1 Å². The maximum absolute atomic E-state index is 11.9. The number of aryl methyl sites for hydroxylation is 1. The van der Waals surface area contributed by atoms with E-state index >= 15 is 0 Å². The summed E-state index contributed by atoms with van der Waals surface area (Å²) in [7, 11) is 0. The van der Waals surface area contributed by atoms with E-state index in [4.69, 9.17) is 4.74 Å². The standard InChI is InChI=1S/C14H18N2O3S/c1-9-5-6-15-14(16-9)20-8-12-11(3-4-13(12)18)7-19-10(2)17/h5-6,11-12H,3-4,7-8H2,1-2H3. The van der Waals surface area contributed by atoms with E-state index in [1.807, 2.05) is 13.0 Å². The Hall–Kier alpha value is -1.43. The number of thioether (sulfide) groups is 1. The van der Waals surface area contributed by atoms with Gasteiger partial charge in [-0.15, -0.1) is 0 Å². The van der Waals surface area contributed by atoms with Gasteiger partial charge in [-0.1, -0.05) is 11.8 Å². The van der Waals surface area contributed by atoms with Crippen molar-refractivity contribution in [2.24, 2.45) is 11.8 Å². The van der Waals surface area contributed by atoms with Crippen LogP contribution in [0.3, 0.4) is 0 Å². The molecule has 2 rings (SSSR count). The van der Waals surface area contributed by atoms with Crippen molar-refractivity contribution in [2.45, 2.75) is 31.8 Å². The second-order valence-electron chi connectivity index (χ2n) is 4.97. The summed E-state index contributed by atoms with van der Waals surface area (Å²) in [5.74, 6) is 0.668. The number of ether oxygens (including phenoxy) is 1. The molecule has 1 aliphatic carbocycles. The van der Waals surface area contributed by atoms with Crippen molar-refractivity contribution in [1.29, 1.82) is 0 Å². The largest absolute Gasteiger partial charge is 0.466 e. The zero-order chi connectivity index (χ0) is 14.5. The van der Waals surface area contributed by atoms with E-state index in [2.05, 4.69) is 9.97 Å². The number of nitrogens with zero attached hydrogens (tertiary/aromatic N) is 2. The van der Waals surface area contributed by atoms with Crippen LogP contribution in [0.2, 0.25) is 0 Å². The molecule has 0 radical (unpaired) electrons. The average Bonchev–Trinajstić information content (AvgIpc) is 2.75. The van der Waals surface area contributed by atoms with Gasteiger partial charge in [-0.2, -0.15) is 0 Å². The van der Waals surface area contributed by atoms with E-state index in [1.54, 1.807) is 6.20 Å². The van der Waals surface area contributed by atoms with E-state index in [9.17, 15) is 9.59 Å². The Morgan fingerprint density at radius 1 is 1.55 bits per heavy atom. The average molecular weight is 294 g/mol. The van der Waals surface area contributed by atoms with Gasteiger partial charge in [0.15, 0.2) is 5.16 Å². The summed E-state index contributed by atoms with van der Waals surface area (Å²) in [4.78, 5) is 31.3. The van der Waals surface area contributed by atoms with Gasteiger partial charge in [0.25, 0.3) is 0 Å². The summed E-state index contributed by atoms with van der Waals surface area (Å²) in [6, 6.07) is 1.84. The predicted molar refractivity (Wildman–Crippen MR) is 75.3 cm³/mol. The van der Waals surface area contributed by atoms with Gasteiger partial charge in [0.05, 0.1) is 6.61 Å². The Labute approximate surface area is 122 Å². The van der Waals surface area contributed by atoms with Crippen LogP contribution >= 0.6 is 11.8 Å². The van der Waals surface area contributed by atoms with Crippen molar-refractivity contribution in [1.82, 2.24) is 9.97 Å². The van der Waals surface area contributed by atoms with Gasteiger partial charge >= 0.3 is 5.97 Å². The van der Waals surface area contributed by atoms with E-state index in [1.165, 1.54) is 18.7 Å². The molecule has 0 bridgehead atoms. The summed E-state index contributed by atoms with van der Waals surface area (Å²) in [5, 5.41) is 0.691. The Balaban J connectivity index is 1.91. The molecule has 0 spiro atoms. The third-order valence-corrected chi connectivity index (χ3v) is 4.39. The summed E-state index contributed by atoms with van der Waals surface area (Å²) in [5.41, 5.74) is 0.914. The number of hydrogen-bond acceptors (Lipinski definition) is 6. The van der Waals surface area contributed by atoms with E-state index in [0.29, 0.717) is 23.9 Å². The fraction of sp³-hybridized carbons (Fsp3) is 0.571.